The Morgan fingerprint density at radius 2 is 1.41 bits per heavy atom. The average molecular weight is 459 g/mol. The molecule has 0 bridgehead atoms. The number of carbonyl (C=O) groups excluding carboxylic acids is 4. The lowest BCUT2D eigenvalue weighted by Gasteiger charge is -2.21. The Hall–Kier alpha value is -2.42. The highest BCUT2D eigenvalue weighted by molar-refractivity contribution is 5.91. The monoisotopic (exact) mass is 458 g/mol. The van der Waals surface area contributed by atoms with Crippen molar-refractivity contribution in [3.63, 3.8) is 0 Å². The Bertz CT molecular complexity index is 611. The van der Waals surface area contributed by atoms with E-state index in [1.807, 2.05) is 13.8 Å². The van der Waals surface area contributed by atoms with Crippen molar-refractivity contribution < 1.29 is 43.2 Å². The molecule has 0 amide bonds. The van der Waals surface area contributed by atoms with Crippen molar-refractivity contribution in [2.24, 2.45) is 5.41 Å². The molecule has 0 aliphatic carbocycles. The molecule has 0 aliphatic rings. The summed E-state index contributed by atoms with van der Waals surface area (Å²) < 4.78 is 19.8. The molecule has 0 aliphatic heterocycles. The van der Waals surface area contributed by atoms with E-state index in [0.717, 1.165) is 25.0 Å². The first-order valence-electron chi connectivity index (χ1n) is 11.1. The van der Waals surface area contributed by atoms with E-state index >= 15 is 0 Å². The highest BCUT2D eigenvalue weighted by atomic mass is 16.6. The third-order valence-corrected chi connectivity index (χ3v) is 4.65. The van der Waals surface area contributed by atoms with Crippen molar-refractivity contribution in [2.75, 3.05) is 26.4 Å². The van der Waals surface area contributed by atoms with Crippen molar-refractivity contribution in [2.45, 2.75) is 78.7 Å². The molecule has 0 saturated heterocycles. The van der Waals surface area contributed by atoms with Gasteiger partial charge in [0.05, 0.1) is 18.6 Å². The molecule has 1 unspecified atom stereocenters. The molecule has 0 rings (SSSR count). The van der Waals surface area contributed by atoms with Crippen molar-refractivity contribution in [1.29, 1.82) is 0 Å². The van der Waals surface area contributed by atoms with Crippen LogP contribution in [0.15, 0.2) is 12.2 Å². The first-order valence-corrected chi connectivity index (χ1v) is 11.1. The van der Waals surface area contributed by atoms with Gasteiger partial charge in [0.2, 0.25) is 0 Å². The van der Waals surface area contributed by atoms with Gasteiger partial charge in [-0.25, -0.2) is 9.59 Å². The minimum atomic E-state index is -1.17. The SMILES string of the molecule is CCCCOC(=O)CCCCCOC(=O)/C=C/C(=O)OCC(O)COC(=O)C(C)(C)CC. The smallest absolute Gasteiger partial charge is 0.331 e. The van der Waals surface area contributed by atoms with Gasteiger partial charge in [-0.05, 0) is 46.0 Å². The van der Waals surface area contributed by atoms with Crippen molar-refractivity contribution >= 4 is 23.9 Å². The highest BCUT2D eigenvalue weighted by Gasteiger charge is 2.27. The van der Waals surface area contributed by atoms with Gasteiger partial charge in [0.15, 0.2) is 0 Å². The molecule has 32 heavy (non-hydrogen) atoms. The second-order valence-electron chi connectivity index (χ2n) is 8.01. The van der Waals surface area contributed by atoms with Crippen LogP contribution in [-0.4, -0.2) is 61.5 Å². The van der Waals surface area contributed by atoms with E-state index in [0.29, 0.717) is 38.7 Å². The summed E-state index contributed by atoms with van der Waals surface area (Å²) in [5.41, 5.74) is -0.653. The van der Waals surface area contributed by atoms with Crippen molar-refractivity contribution in [3.05, 3.63) is 12.2 Å². The zero-order chi connectivity index (χ0) is 24.4. The lowest BCUT2D eigenvalue weighted by molar-refractivity contribution is -0.159. The molecular formula is C23H38O9. The van der Waals surface area contributed by atoms with Crippen LogP contribution in [0.4, 0.5) is 0 Å². The Morgan fingerprint density at radius 1 is 0.812 bits per heavy atom. The van der Waals surface area contributed by atoms with E-state index in [4.69, 9.17) is 18.9 Å². The quantitative estimate of drug-likeness (QED) is 0.151. The maximum atomic E-state index is 11.8. The third kappa shape index (κ3) is 15.4. The Balaban J connectivity index is 3.86. The fourth-order valence-corrected chi connectivity index (χ4v) is 2.09. The van der Waals surface area contributed by atoms with Crippen LogP contribution >= 0.6 is 0 Å². The zero-order valence-corrected chi connectivity index (χ0v) is 19.7. The molecule has 1 N–H and O–H groups in total. The van der Waals surface area contributed by atoms with Gasteiger partial charge < -0.3 is 24.1 Å². The normalized spacial score (nSPS) is 12.3. The molecule has 9 nitrogen and oxygen atoms in total. The van der Waals surface area contributed by atoms with Crippen LogP contribution in [0, 0.1) is 5.41 Å². The summed E-state index contributed by atoms with van der Waals surface area (Å²) in [4.78, 5) is 46.4. The minimum Gasteiger partial charge on any atom is -0.466 e. The standard InChI is InChI=1S/C23H38O9/c1-5-7-14-29-19(25)11-9-8-10-15-30-20(26)12-13-21(27)31-16-18(24)17-32-22(28)23(3,4)6-2/h12-13,18,24H,5-11,14-17H2,1-4H3/b13-12+. The molecule has 0 aromatic rings. The average Bonchev–Trinajstić information content (AvgIpc) is 2.76. The lowest BCUT2D eigenvalue weighted by Crippen LogP contribution is -2.31. The van der Waals surface area contributed by atoms with Crippen molar-refractivity contribution in [3.8, 4) is 0 Å². The summed E-state index contributed by atoms with van der Waals surface area (Å²) in [5.74, 6) is -2.19. The molecule has 0 aromatic carbocycles. The van der Waals surface area contributed by atoms with E-state index in [1.54, 1.807) is 13.8 Å². The fraction of sp³-hybridized carbons (Fsp3) is 0.739. The van der Waals surface area contributed by atoms with Crippen LogP contribution in [0.25, 0.3) is 0 Å². The van der Waals surface area contributed by atoms with Gasteiger partial charge in [0.25, 0.3) is 0 Å². The van der Waals surface area contributed by atoms with Gasteiger partial charge >= 0.3 is 23.9 Å². The number of rotatable bonds is 17. The van der Waals surface area contributed by atoms with Crippen LogP contribution < -0.4 is 0 Å². The van der Waals surface area contributed by atoms with E-state index in [-0.39, 0.29) is 25.8 Å². The molecule has 0 fully saturated rings. The highest BCUT2D eigenvalue weighted by Crippen LogP contribution is 2.21. The van der Waals surface area contributed by atoms with Crippen molar-refractivity contribution in [1.82, 2.24) is 0 Å². The number of hydrogen-bond acceptors (Lipinski definition) is 9. The van der Waals surface area contributed by atoms with Crippen LogP contribution in [0.1, 0.15) is 72.6 Å². The molecule has 0 radical (unpaired) electrons. The summed E-state index contributed by atoms with van der Waals surface area (Å²) in [7, 11) is 0. The summed E-state index contributed by atoms with van der Waals surface area (Å²) in [5, 5.41) is 9.74. The first-order chi connectivity index (χ1) is 15.1. The Labute approximate surface area is 190 Å². The summed E-state index contributed by atoms with van der Waals surface area (Å²) in [6.45, 7) is 7.29. The molecule has 0 aromatic heterocycles. The van der Waals surface area contributed by atoms with E-state index in [1.165, 1.54) is 0 Å². The number of esters is 4. The molecule has 1 atom stereocenters. The largest absolute Gasteiger partial charge is 0.466 e. The molecule has 9 heteroatoms. The zero-order valence-electron chi connectivity index (χ0n) is 19.7. The summed E-state index contributed by atoms with van der Waals surface area (Å²) in [6, 6.07) is 0. The predicted octanol–water partition coefficient (Wildman–Crippen LogP) is 2.87. The lowest BCUT2D eigenvalue weighted by atomic mass is 9.91. The van der Waals surface area contributed by atoms with E-state index < -0.39 is 29.4 Å². The molecule has 0 heterocycles. The minimum absolute atomic E-state index is 0.168. The Kier molecular flexibility index (Phi) is 15.9. The molecule has 0 spiro atoms. The maximum absolute atomic E-state index is 11.8. The van der Waals surface area contributed by atoms with Crippen LogP contribution in [0.3, 0.4) is 0 Å². The topological polar surface area (TPSA) is 125 Å². The molecular weight excluding hydrogens is 420 g/mol. The third-order valence-electron chi connectivity index (χ3n) is 4.65. The van der Waals surface area contributed by atoms with E-state index in [2.05, 4.69) is 0 Å². The Morgan fingerprint density at radius 3 is 2.03 bits per heavy atom. The predicted molar refractivity (Wildman–Crippen MR) is 116 cm³/mol. The number of aliphatic hydroxyl groups excluding tert-OH is 1. The molecule has 0 saturated carbocycles. The molecule has 184 valence electrons. The summed E-state index contributed by atoms with van der Waals surface area (Å²) in [6.07, 6.45) is 5.37. The number of ether oxygens (including phenoxy) is 4. The van der Waals surface area contributed by atoms with Gasteiger partial charge in [-0.1, -0.05) is 20.3 Å². The van der Waals surface area contributed by atoms with Gasteiger partial charge in [-0.3, -0.25) is 9.59 Å². The summed E-state index contributed by atoms with van der Waals surface area (Å²) >= 11 is 0. The van der Waals surface area contributed by atoms with Gasteiger partial charge in [0.1, 0.15) is 19.3 Å². The number of aliphatic hydroxyl groups is 1. The van der Waals surface area contributed by atoms with Crippen LogP contribution in [-0.2, 0) is 38.1 Å². The number of unbranched alkanes of at least 4 members (excludes halogenated alkanes) is 3. The van der Waals surface area contributed by atoms with Crippen LogP contribution in [0.2, 0.25) is 0 Å². The van der Waals surface area contributed by atoms with E-state index in [9.17, 15) is 24.3 Å². The number of hydrogen-bond donors (Lipinski definition) is 1. The fourth-order valence-electron chi connectivity index (χ4n) is 2.09. The number of carbonyl (C=O) groups is 4. The second-order valence-corrected chi connectivity index (χ2v) is 8.01. The van der Waals surface area contributed by atoms with Gasteiger partial charge in [0, 0.05) is 18.6 Å². The second kappa shape index (κ2) is 17.2. The van der Waals surface area contributed by atoms with Gasteiger partial charge in [-0.2, -0.15) is 0 Å². The maximum Gasteiger partial charge on any atom is 0.331 e. The first kappa shape index (κ1) is 29.6. The van der Waals surface area contributed by atoms with Gasteiger partial charge in [-0.15, -0.1) is 0 Å². The van der Waals surface area contributed by atoms with Crippen LogP contribution in [0.5, 0.6) is 0 Å².